The van der Waals surface area contributed by atoms with Gasteiger partial charge in [0.2, 0.25) is 5.91 Å². The van der Waals surface area contributed by atoms with E-state index in [9.17, 15) is 9.59 Å². The van der Waals surface area contributed by atoms with Crippen LogP contribution in [0, 0.1) is 12.8 Å². The van der Waals surface area contributed by atoms with Crippen LogP contribution in [0.15, 0.2) is 30.5 Å². The Bertz CT molecular complexity index is 1180. The Morgan fingerprint density at radius 2 is 1.91 bits per heavy atom. The molecule has 2 aromatic heterocycles. The summed E-state index contributed by atoms with van der Waals surface area (Å²) in [5, 5.41) is 3.96. The number of methoxy groups -OCH3 is 1. The first-order valence-corrected chi connectivity index (χ1v) is 12.5. The van der Waals surface area contributed by atoms with Crippen LogP contribution in [0.4, 0.5) is 11.4 Å². The van der Waals surface area contributed by atoms with E-state index in [1.807, 2.05) is 49.9 Å². The molecule has 2 amide bonds. The van der Waals surface area contributed by atoms with Gasteiger partial charge in [-0.2, -0.15) is 4.37 Å². The van der Waals surface area contributed by atoms with Crippen LogP contribution in [0.1, 0.15) is 42.7 Å². The number of hydrogen-bond donors (Lipinski definition) is 1. The topological polar surface area (TPSA) is 87.7 Å². The van der Waals surface area contributed by atoms with Crippen LogP contribution in [0.2, 0.25) is 0 Å². The molecule has 34 heavy (non-hydrogen) atoms. The number of nitrogens with zero attached hydrogens (tertiary/aromatic N) is 4. The average Bonchev–Trinajstić information content (AvgIpc) is 3.25. The third kappa shape index (κ3) is 4.57. The van der Waals surface area contributed by atoms with E-state index >= 15 is 0 Å². The van der Waals surface area contributed by atoms with Crippen LogP contribution in [-0.4, -0.2) is 59.4 Å². The molecule has 0 spiro atoms. The molecule has 0 aliphatic carbocycles. The molecule has 0 saturated carbocycles. The second kappa shape index (κ2) is 10.4. The summed E-state index contributed by atoms with van der Waals surface area (Å²) in [6.07, 6.45) is 3.08. The zero-order valence-electron chi connectivity index (χ0n) is 20.1. The van der Waals surface area contributed by atoms with Gasteiger partial charge in [-0.15, -0.1) is 0 Å². The van der Waals surface area contributed by atoms with Crippen molar-refractivity contribution in [3.8, 4) is 5.75 Å². The SMILES string of the molecule is CCN(CC)C(=O)c1cnc2snc(C)c2c1N1CCC(C(=O)Nc2ccccc2OC)CC1. The Hall–Kier alpha value is -3.20. The largest absolute Gasteiger partial charge is 0.495 e. The summed E-state index contributed by atoms with van der Waals surface area (Å²) in [5.41, 5.74) is 3.07. The highest BCUT2D eigenvalue weighted by Gasteiger charge is 2.30. The second-order valence-electron chi connectivity index (χ2n) is 8.40. The minimum Gasteiger partial charge on any atom is -0.495 e. The highest BCUT2D eigenvalue weighted by atomic mass is 32.1. The van der Waals surface area contributed by atoms with Gasteiger partial charge in [0.1, 0.15) is 10.6 Å². The lowest BCUT2D eigenvalue weighted by Crippen LogP contribution is -2.40. The van der Waals surface area contributed by atoms with Crippen LogP contribution >= 0.6 is 11.5 Å². The molecule has 3 aromatic rings. The number of pyridine rings is 1. The number of anilines is 2. The van der Waals surface area contributed by atoms with E-state index in [0.29, 0.717) is 56.0 Å². The maximum atomic E-state index is 13.3. The van der Waals surface area contributed by atoms with Crippen LogP contribution in [0.3, 0.4) is 0 Å². The molecule has 1 fully saturated rings. The molecule has 4 rings (SSSR count). The van der Waals surface area contributed by atoms with Crippen molar-refractivity contribution in [2.75, 3.05) is 43.5 Å². The predicted molar refractivity (Wildman–Crippen MR) is 136 cm³/mol. The van der Waals surface area contributed by atoms with E-state index < -0.39 is 0 Å². The standard InChI is InChI=1S/C25H31N5O3S/c1-5-29(6-2)25(32)18-15-26-24-21(16(3)28-34-24)22(18)30-13-11-17(12-14-30)23(31)27-19-9-7-8-10-20(19)33-4/h7-10,15,17H,5-6,11-14H2,1-4H3,(H,27,31). The summed E-state index contributed by atoms with van der Waals surface area (Å²) in [6, 6.07) is 7.43. The summed E-state index contributed by atoms with van der Waals surface area (Å²) < 4.78 is 9.85. The number of hydrogen-bond acceptors (Lipinski definition) is 7. The smallest absolute Gasteiger partial charge is 0.257 e. The second-order valence-corrected chi connectivity index (χ2v) is 9.15. The van der Waals surface area contributed by atoms with E-state index in [4.69, 9.17) is 4.74 Å². The van der Waals surface area contributed by atoms with Gasteiger partial charge < -0.3 is 19.9 Å². The zero-order valence-corrected chi connectivity index (χ0v) is 20.9. The minimum absolute atomic E-state index is 0.00292. The van der Waals surface area contributed by atoms with Gasteiger partial charge in [-0.05, 0) is 57.3 Å². The number of ether oxygens (including phenoxy) is 1. The van der Waals surface area contributed by atoms with E-state index in [2.05, 4.69) is 19.6 Å². The molecule has 0 unspecified atom stereocenters. The van der Waals surface area contributed by atoms with Gasteiger partial charge in [0, 0.05) is 38.3 Å². The monoisotopic (exact) mass is 481 g/mol. The highest BCUT2D eigenvalue weighted by molar-refractivity contribution is 7.13. The van der Waals surface area contributed by atoms with Crippen molar-refractivity contribution in [1.29, 1.82) is 0 Å². The Morgan fingerprint density at radius 3 is 2.59 bits per heavy atom. The van der Waals surface area contributed by atoms with Crippen molar-refractivity contribution in [3.05, 3.63) is 41.7 Å². The fourth-order valence-electron chi connectivity index (χ4n) is 4.55. The van der Waals surface area contributed by atoms with Gasteiger partial charge in [-0.3, -0.25) is 9.59 Å². The summed E-state index contributed by atoms with van der Waals surface area (Å²) in [7, 11) is 1.59. The molecule has 1 N–H and O–H groups in total. The Labute approximate surface area is 204 Å². The third-order valence-corrected chi connectivity index (χ3v) is 7.32. The van der Waals surface area contributed by atoms with Crippen LogP contribution in [0.25, 0.3) is 10.2 Å². The first kappa shape index (κ1) is 23.9. The third-order valence-electron chi connectivity index (χ3n) is 6.48. The molecule has 0 atom stereocenters. The number of carbonyl (C=O) groups excluding carboxylic acids is 2. The zero-order chi connectivity index (χ0) is 24.2. The van der Waals surface area contributed by atoms with Gasteiger partial charge in [-0.1, -0.05) is 12.1 Å². The maximum Gasteiger partial charge on any atom is 0.257 e. The number of carbonyl (C=O) groups is 2. The van der Waals surface area contributed by atoms with Crippen LogP contribution in [0.5, 0.6) is 5.75 Å². The van der Waals surface area contributed by atoms with Crippen LogP contribution in [-0.2, 0) is 4.79 Å². The maximum absolute atomic E-state index is 13.3. The first-order valence-electron chi connectivity index (χ1n) is 11.7. The molecular weight excluding hydrogens is 450 g/mol. The van der Waals surface area contributed by atoms with E-state index in [0.717, 1.165) is 21.6 Å². The number of aromatic nitrogens is 2. The Balaban J connectivity index is 1.57. The normalized spacial score (nSPS) is 14.3. The van der Waals surface area contributed by atoms with Gasteiger partial charge in [0.15, 0.2) is 0 Å². The first-order chi connectivity index (χ1) is 16.5. The number of rotatable bonds is 7. The van der Waals surface area contributed by atoms with Gasteiger partial charge in [0.25, 0.3) is 5.91 Å². The van der Waals surface area contributed by atoms with Gasteiger partial charge >= 0.3 is 0 Å². The fraction of sp³-hybridized carbons (Fsp3) is 0.440. The average molecular weight is 482 g/mol. The molecule has 9 heteroatoms. The van der Waals surface area contributed by atoms with Crippen molar-refractivity contribution >= 4 is 44.9 Å². The van der Waals surface area contributed by atoms with Gasteiger partial charge in [-0.25, -0.2) is 4.98 Å². The minimum atomic E-state index is -0.109. The van der Waals surface area contributed by atoms with Crippen molar-refractivity contribution in [3.63, 3.8) is 0 Å². The number of para-hydroxylation sites is 2. The quantitative estimate of drug-likeness (QED) is 0.540. The molecule has 1 aromatic carbocycles. The molecule has 0 bridgehead atoms. The molecule has 180 valence electrons. The number of piperidine rings is 1. The lowest BCUT2D eigenvalue weighted by molar-refractivity contribution is -0.120. The Kier molecular flexibility index (Phi) is 7.31. The summed E-state index contributed by atoms with van der Waals surface area (Å²) in [6.45, 7) is 8.56. The summed E-state index contributed by atoms with van der Waals surface area (Å²) >= 11 is 1.35. The number of benzene rings is 1. The summed E-state index contributed by atoms with van der Waals surface area (Å²) in [4.78, 5) is 35.8. The number of amides is 2. The van der Waals surface area contributed by atoms with E-state index in [1.54, 1.807) is 13.3 Å². The molecule has 1 aliphatic rings. The number of fused-ring (bicyclic) bond motifs is 1. The van der Waals surface area contributed by atoms with Crippen molar-refractivity contribution < 1.29 is 14.3 Å². The van der Waals surface area contributed by atoms with Gasteiger partial charge in [0.05, 0.1) is 35.1 Å². The molecule has 1 aliphatic heterocycles. The van der Waals surface area contributed by atoms with E-state index in [1.165, 1.54) is 11.5 Å². The summed E-state index contributed by atoms with van der Waals surface area (Å²) in [5.74, 6) is 0.516. The van der Waals surface area contributed by atoms with Crippen molar-refractivity contribution in [2.45, 2.75) is 33.6 Å². The molecule has 3 heterocycles. The van der Waals surface area contributed by atoms with Crippen molar-refractivity contribution in [2.24, 2.45) is 5.92 Å². The van der Waals surface area contributed by atoms with Crippen molar-refractivity contribution in [1.82, 2.24) is 14.3 Å². The number of nitrogens with one attached hydrogen (secondary N) is 1. The lowest BCUT2D eigenvalue weighted by Gasteiger charge is -2.35. The number of aryl methyl sites for hydroxylation is 1. The molecule has 0 radical (unpaired) electrons. The van der Waals surface area contributed by atoms with E-state index in [-0.39, 0.29) is 17.7 Å². The molecule has 8 nitrogen and oxygen atoms in total. The molecular formula is C25H31N5O3S. The Morgan fingerprint density at radius 1 is 1.21 bits per heavy atom. The van der Waals surface area contributed by atoms with Crippen LogP contribution < -0.4 is 15.0 Å². The molecule has 1 saturated heterocycles. The fourth-order valence-corrected chi connectivity index (χ4v) is 5.30. The lowest BCUT2D eigenvalue weighted by atomic mass is 9.94. The highest BCUT2D eigenvalue weighted by Crippen LogP contribution is 2.37. The predicted octanol–water partition coefficient (Wildman–Crippen LogP) is 4.35.